The molecule has 0 spiro atoms. The van der Waals surface area contributed by atoms with Crippen molar-refractivity contribution in [2.45, 2.75) is 13.0 Å². The molecule has 1 unspecified atom stereocenters. The molecule has 2 N–H and O–H groups in total. The number of carbonyl (C=O) groups excluding carboxylic acids is 1. The van der Waals surface area contributed by atoms with Crippen molar-refractivity contribution in [2.75, 3.05) is 12.8 Å². The number of rotatable bonds is 5. The van der Waals surface area contributed by atoms with Gasteiger partial charge in [-0.05, 0) is 36.4 Å². The molecule has 2 aromatic rings. The molecule has 0 fully saturated rings. The summed E-state index contributed by atoms with van der Waals surface area (Å²) in [6.45, 7) is 1.85. The van der Waals surface area contributed by atoms with Crippen LogP contribution in [0.1, 0.15) is 18.5 Å². The molecule has 1 heterocycles. The number of hydrogen-bond donors (Lipinski definition) is 2. The third-order valence-corrected chi connectivity index (χ3v) is 5.23. The Kier molecular flexibility index (Phi) is 4.42. The first-order chi connectivity index (χ1) is 9.43. The maximum absolute atomic E-state index is 11.7. The molecule has 7 heteroatoms. The molecular weight excluding hydrogens is 296 g/mol. The van der Waals surface area contributed by atoms with E-state index >= 15 is 0 Å². The van der Waals surface area contributed by atoms with Crippen LogP contribution in [0.5, 0.6) is 0 Å². The number of thiophene rings is 1. The van der Waals surface area contributed by atoms with Crippen molar-refractivity contribution in [3.8, 4) is 0 Å². The zero-order valence-electron chi connectivity index (χ0n) is 11.2. The van der Waals surface area contributed by atoms with Gasteiger partial charge in [-0.25, -0.2) is 13.1 Å². The molecule has 0 bridgehead atoms. The number of sulfonamides is 1. The lowest BCUT2D eigenvalue weighted by Crippen LogP contribution is -2.36. The van der Waals surface area contributed by atoms with Crippen LogP contribution in [0.4, 0.5) is 0 Å². The van der Waals surface area contributed by atoms with E-state index < -0.39 is 21.7 Å². The number of fused-ring (bicyclic) bond motifs is 1. The van der Waals surface area contributed by atoms with Gasteiger partial charge in [-0.2, -0.15) is 0 Å². The van der Waals surface area contributed by atoms with E-state index in [0.717, 1.165) is 15.6 Å². The van der Waals surface area contributed by atoms with Gasteiger partial charge in [-0.1, -0.05) is 18.2 Å². The van der Waals surface area contributed by atoms with Gasteiger partial charge in [0.15, 0.2) is 0 Å². The van der Waals surface area contributed by atoms with E-state index in [2.05, 4.69) is 10.0 Å². The SMILES string of the molecule is CNS(=O)(=O)CC(=O)NC(C)c1csc2ccccc12. The highest BCUT2D eigenvalue weighted by atomic mass is 32.2. The van der Waals surface area contributed by atoms with Crippen LogP contribution in [0.15, 0.2) is 29.6 Å². The second kappa shape index (κ2) is 5.90. The normalized spacial score (nSPS) is 13.3. The van der Waals surface area contributed by atoms with Gasteiger partial charge in [0.2, 0.25) is 15.9 Å². The van der Waals surface area contributed by atoms with Gasteiger partial charge in [-0.15, -0.1) is 11.3 Å². The summed E-state index contributed by atoms with van der Waals surface area (Å²) < 4.78 is 25.9. The van der Waals surface area contributed by atoms with E-state index in [0.29, 0.717) is 0 Å². The van der Waals surface area contributed by atoms with Crippen LogP contribution in [0, 0.1) is 0 Å². The quantitative estimate of drug-likeness (QED) is 0.881. The van der Waals surface area contributed by atoms with E-state index in [1.54, 1.807) is 11.3 Å². The van der Waals surface area contributed by atoms with Gasteiger partial charge in [0, 0.05) is 4.70 Å². The van der Waals surface area contributed by atoms with Gasteiger partial charge in [0.1, 0.15) is 5.75 Å². The molecule has 0 aliphatic rings. The zero-order chi connectivity index (χ0) is 14.8. The van der Waals surface area contributed by atoms with Crippen molar-refractivity contribution in [1.29, 1.82) is 0 Å². The number of hydrogen-bond acceptors (Lipinski definition) is 4. The minimum atomic E-state index is -3.54. The smallest absolute Gasteiger partial charge is 0.237 e. The van der Waals surface area contributed by atoms with Crippen molar-refractivity contribution in [3.63, 3.8) is 0 Å². The number of amides is 1. The molecule has 5 nitrogen and oxygen atoms in total. The van der Waals surface area contributed by atoms with Gasteiger partial charge in [-0.3, -0.25) is 4.79 Å². The van der Waals surface area contributed by atoms with E-state index in [4.69, 9.17) is 0 Å². The molecule has 0 saturated heterocycles. The Bertz CT molecular complexity index is 722. The van der Waals surface area contributed by atoms with Crippen LogP contribution in [-0.4, -0.2) is 27.1 Å². The number of carbonyl (C=O) groups is 1. The van der Waals surface area contributed by atoms with E-state index in [1.807, 2.05) is 36.6 Å². The average molecular weight is 312 g/mol. The van der Waals surface area contributed by atoms with Crippen molar-refractivity contribution in [3.05, 3.63) is 35.2 Å². The molecule has 1 atom stereocenters. The monoisotopic (exact) mass is 312 g/mol. The fourth-order valence-electron chi connectivity index (χ4n) is 1.94. The maximum Gasteiger partial charge on any atom is 0.237 e. The second-order valence-electron chi connectivity index (χ2n) is 4.44. The molecule has 1 aromatic carbocycles. The lowest BCUT2D eigenvalue weighted by molar-refractivity contribution is -0.119. The predicted octanol–water partition coefficient (Wildman–Crippen LogP) is 1.63. The molecule has 1 aromatic heterocycles. The third-order valence-electron chi connectivity index (χ3n) is 2.99. The Morgan fingerprint density at radius 1 is 1.35 bits per heavy atom. The molecular formula is C13H16N2O3S2. The van der Waals surface area contributed by atoms with Crippen molar-refractivity contribution in [2.24, 2.45) is 0 Å². The van der Waals surface area contributed by atoms with Crippen molar-refractivity contribution >= 4 is 37.4 Å². The molecule has 0 aliphatic carbocycles. The van der Waals surface area contributed by atoms with Crippen molar-refractivity contribution < 1.29 is 13.2 Å². The van der Waals surface area contributed by atoms with Crippen LogP contribution >= 0.6 is 11.3 Å². The lowest BCUT2D eigenvalue weighted by atomic mass is 10.1. The highest BCUT2D eigenvalue weighted by Gasteiger charge is 2.18. The topological polar surface area (TPSA) is 75.3 Å². The minimum Gasteiger partial charge on any atom is -0.349 e. The largest absolute Gasteiger partial charge is 0.349 e. The summed E-state index contributed by atoms with van der Waals surface area (Å²) in [5.41, 5.74) is 1.00. The van der Waals surface area contributed by atoms with Crippen LogP contribution in [0.3, 0.4) is 0 Å². The van der Waals surface area contributed by atoms with Gasteiger partial charge >= 0.3 is 0 Å². The molecule has 2 rings (SSSR count). The highest BCUT2D eigenvalue weighted by Crippen LogP contribution is 2.29. The Balaban J connectivity index is 2.12. The second-order valence-corrected chi connectivity index (χ2v) is 7.28. The van der Waals surface area contributed by atoms with E-state index in [9.17, 15) is 13.2 Å². The average Bonchev–Trinajstić information content (AvgIpc) is 2.81. The van der Waals surface area contributed by atoms with Crippen LogP contribution < -0.4 is 10.0 Å². The fourth-order valence-corrected chi connectivity index (χ4v) is 3.57. The van der Waals surface area contributed by atoms with Crippen molar-refractivity contribution in [1.82, 2.24) is 10.0 Å². The molecule has 0 radical (unpaired) electrons. The first-order valence-electron chi connectivity index (χ1n) is 6.09. The summed E-state index contributed by atoms with van der Waals surface area (Å²) in [4.78, 5) is 11.7. The molecule has 20 heavy (non-hydrogen) atoms. The molecule has 1 amide bonds. The predicted molar refractivity (Wildman–Crippen MR) is 81.2 cm³/mol. The lowest BCUT2D eigenvalue weighted by Gasteiger charge is -2.13. The first-order valence-corrected chi connectivity index (χ1v) is 8.63. The highest BCUT2D eigenvalue weighted by molar-refractivity contribution is 7.90. The summed E-state index contributed by atoms with van der Waals surface area (Å²) in [5, 5.41) is 5.79. The number of nitrogens with one attached hydrogen (secondary N) is 2. The van der Waals surface area contributed by atoms with Gasteiger partial charge in [0.05, 0.1) is 6.04 Å². The minimum absolute atomic E-state index is 0.231. The van der Waals surface area contributed by atoms with Crippen LogP contribution in [0.2, 0.25) is 0 Å². The number of benzene rings is 1. The standard InChI is InChI=1S/C13H16N2O3S2/c1-9(15-13(16)8-20(17,18)14-2)11-7-19-12-6-4-3-5-10(11)12/h3-7,9,14H,8H2,1-2H3,(H,15,16). The summed E-state index contributed by atoms with van der Waals surface area (Å²) in [5.74, 6) is -1.07. The molecule has 108 valence electrons. The summed E-state index contributed by atoms with van der Waals surface area (Å²) in [6, 6.07) is 7.69. The summed E-state index contributed by atoms with van der Waals surface area (Å²) in [7, 11) is -2.24. The fraction of sp³-hybridized carbons (Fsp3) is 0.308. The summed E-state index contributed by atoms with van der Waals surface area (Å²) >= 11 is 1.61. The van der Waals surface area contributed by atoms with E-state index in [-0.39, 0.29) is 6.04 Å². The van der Waals surface area contributed by atoms with Crippen LogP contribution in [0.25, 0.3) is 10.1 Å². The Hall–Kier alpha value is -1.44. The zero-order valence-corrected chi connectivity index (χ0v) is 12.8. The van der Waals surface area contributed by atoms with Gasteiger partial charge < -0.3 is 5.32 Å². The third kappa shape index (κ3) is 3.36. The van der Waals surface area contributed by atoms with Crippen LogP contribution in [-0.2, 0) is 14.8 Å². The Morgan fingerprint density at radius 3 is 2.75 bits per heavy atom. The Morgan fingerprint density at radius 2 is 2.05 bits per heavy atom. The van der Waals surface area contributed by atoms with E-state index in [1.165, 1.54) is 7.05 Å². The first kappa shape index (κ1) is 15.0. The van der Waals surface area contributed by atoms with Gasteiger partial charge in [0.25, 0.3) is 0 Å². The molecule has 0 aliphatic heterocycles. The summed E-state index contributed by atoms with van der Waals surface area (Å²) in [6.07, 6.45) is 0. The Labute approximate surface area is 122 Å². The maximum atomic E-state index is 11.7. The molecule has 0 saturated carbocycles.